The second kappa shape index (κ2) is 9.14. The molecular formula is C18H28N3O4S+. The fourth-order valence-electron chi connectivity index (χ4n) is 2.77. The van der Waals surface area contributed by atoms with Crippen molar-refractivity contribution in [3.05, 3.63) is 23.8 Å². The Morgan fingerprint density at radius 2 is 2.04 bits per heavy atom. The Morgan fingerprint density at radius 3 is 2.65 bits per heavy atom. The summed E-state index contributed by atoms with van der Waals surface area (Å²) in [6, 6.07) is 5.50. The minimum atomic E-state index is -0.284. The maximum absolute atomic E-state index is 12.6. The molecule has 2 amide bonds. The molecule has 26 heavy (non-hydrogen) atoms. The molecule has 0 spiro atoms. The van der Waals surface area contributed by atoms with Gasteiger partial charge in [-0.05, 0) is 25.1 Å². The van der Waals surface area contributed by atoms with Gasteiger partial charge >= 0.3 is 0 Å². The van der Waals surface area contributed by atoms with E-state index in [0.717, 1.165) is 12.1 Å². The molecule has 1 aromatic carbocycles. The number of rotatable bonds is 8. The summed E-state index contributed by atoms with van der Waals surface area (Å²) in [5.74, 6) is 1.16. The monoisotopic (exact) mass is 382 g/mol. The van der Waals surface area contributed by atoms with Crippen molar-refractivity contribution in [1.82, 2.24) is 10.2 Å². The lowest BCUT2D eigenvalue weighted by Crippen LogP contribution is -3.06. The predicted octanol–water partition coefficient (Wildman–Crippen LogP) is -0.0730. The third-order valence-electron chi connectivity index (χ3n) is 4.21. The molecular weight excluding hydrogens is 354 g/mol. The van der Waals surface area contributed by atoms with Crippen molar-refractivity contribution < 1.29 is 24.0 Å². The van der Waals surface area contributed by atoms with Crippen molar-refractivity contribution in [3.8, 4) is 11.5 Å². The number of ether oxygens (including phenoxy) is 2. The highest BCUT2D eigenvalue weighted by atomic mass is 32.2. The smallest absolute Gasteiger partial charge is 0.239 e. The van der Waals surface area contributed by atoms with Gasteiger partial charge in [-0.2, -0.15) is 0 Å². The number of quaternary nitrogens is 1. The third-order valence-corrected chi connectivity index (χ3v) is 5.59. The first-order chi connectivity index (χ1) is 12.4. The van der Waals surface area contributed by atoms with E-state index in [1.807, 2.05) is 39.2 Å². The van der Waals surface area contributed by atoms with E-state index in [0.29, 0.717) is 18.0 Å². The molecule has 2 atom stereocenters. The molecule has 1 aliphatic heterocycles. The molecule has 1 fully saturated rings. The van der Waals surface area contributed by atoms with Crippen molar-refractivity contribution in [2.24, 2.45) is 0 Å². The van der Waals surface area contributed by atoms with Crippen LogP contribution in [0.25, 0.3) is 0 Å². The molecule has 8 heteroatoms. The lowest BCUT2D eigenvalue weighted by Gasteiger charge is -2.25. The van der Waals surface area contributed by atoms with E-state index in [9.17, 15) is 9.59 Å². The number of benzene rings is 1. The summed E-state index contributed by atoms with van der Waals surface area (Å²) in [5, 5.41) is 2.38. The van der Waals surface area contributed by atoms with Gasteiger partial charge in [0.2, 0.25) is 11.8 Å². The standard InChI is InChI=1S/C18H27N3O4S/c1-12-17(23)21(11-16(22)19-8-9-20(2)3)18(26-12)14-10-13(24-4)6-7-15(14)25-5/h6-7,10,12,18H,8-9,11H2,1-5H3,(H,19,22)/p+1/t12-,18+/m0/s1. The first kappa shape index (κ1) is 20.4. The summed E-state index contributed by atoms with van der Waals surface area (Å²) in [6.45, 7) is 3.31. The fraction of sp³-hybridized carbons (Fsp3) is 0.556. The van der Waals surface area contributed by atoms with Crippen molar-refractivity contribution in [2.75, 3.05) is 47.9 Å². The zero-order valence-electron chi connectivity index (χ0n) is 16.0. The molecule has 0 radical (unpaired) electrons. The van der Waals surface area contributed by atoms with Crippen molar-refractivity contribution in [1.29, 1.82) is 0 Å². The van der Waals surface area contributed by atoms with E-state index in [4.69, 9.17) is 9.47 Å². The molecule has 1 aromatic rings. The van der Waals surface area contributed by atoms with Crippen molar-refractivity contribution in [3.63, 3.8) is 0 Å². The summed E-state index contributed by atoms with van der Waals surface area (Å²) in [7, 11) is 7.25. The number of amides is 2. The van der Waals surface area contributed by atoms with Gasteiger partial charge in [-0.1, -0.05) is 0 Å². The van der Waals surface area contributed by atoms with Gasteiger partial charge in [0.25, 0.3) is 0 Å². The van der Waals surface area contributed by atoms with E-state index in [-0.39, 0.29) is 29.0 Å². The van der Waals surface area contributed by atoms with Gasteiger partial charge in [-0.3, -0.25) is 9.59 Å². The third kappa shape index (κ3) is 4.82. The number of nitrogens with zero attached hydrogens (tertiary/aromatic N) is 1. The topological polar surface area (TPSA) is 72.3 Å². The number of thioether (sulfide) groups is 1. The molecule has 0 unspecified atom stereocenters. The van der Waals surface area contributed by atoms with Crippen LogP contribution in [0.3, 0.4) is 0 Å². The van der Waals surface area contributed by atoms with Crippen molar-refractivity contribution in [2.45, 2.75) is 17.5 Å². The lowest BCUT2D eigenvalue weighted by molar-refractivity contribution is -0.856. The van der Waals surface area contributed by atoms with E-state index in [2.05, 4.69) is 5.32 Å². The van der Waals surface area contributed by atoms with Gasteiger partial charge in [-0.25, -0.2) is 0 Å². The number of likely N-dealkylation sites (N-methyl/N-ethyl adjacent to an activating group) is 1. The molecule has 2 rings (SSSR count). The first-order valence-corrected chi connectivity index (χ1v) is 9.55. The number of carbonyl (C=O) groups is 2. The van der Waals surface area contributed by atoms with Gasteiger partial charge in [0, 0.05) is 5.56 Å². The van der Waals surface area contributed by atoms with Crippen LogP contribution >= 0.6 is 11.8 Å². The molecule has 1 aliphatic rings. The van der Waals surface area contributed by atoms with Crippen LogP contribution in [0.15, 0.2) is 18.2 Å². The Balaban J connectivity index is 2.19. The molecule has 7 nitrogen and oxygen atoms in total. The number of hydrogen-bond donors (Lipinski definition) is 2. The Kier molecular flexibility index (Phi) is 7.16. The molecule has 0 bridgehead atoms. The number of carbonyl (C=O) groups excluding carboxylic acids is 2. The van der Waals surface area contributed by atoms with Crippen LogP contribution in [0.5, 0.6) is 11.5 Å². The molecule has 0 aromatic heterocycles. The van der Waals surface area contributed by atoms with Crippen LogP contribution in [0.2, 0.25) is 0 Å². The number of methoxy groups -OCH3 is 2. The highest BCUT2D eigenvalue weighted by Crippen LogP contribution is 2.46. The number of nitrogens with one attached hydrogen (secondary N) is 2. The van der Waals surface area contributed by atoms with E-state index < -0.39 is 0 Å². The zero-order valence-corrected chi connectivity index (χ0v) is 16.8. The summed E-state index contributed by atoms with van der Waals surface area (Å²) < 4.78 is 10.8. The Bertz CT molecular complexity index is 653. The van der Waals surface area contributed by atoms with E-state index >= 15 is 0 Å². The summed E-state index contributed by atoms with van der Waals surface area (Å²) >= 11 is 1.51. The molecule has 0 aliphatic carbocycles. The maximum Gasteiger partial charge on any atom is 0.239 e. The average molecular weight is 383 g/mol. The predicted molar refractivity (Wildman–Crippen MR) is 102 cm³/mol. The average Bonchev–Trinajstić information content (AvgIpc) is 2.89. The van der Waals surface area contributed by atoms with Crippen LogP contribution < -0.4 is 19.7 Å². The van der Waals surface area contributed by atoms with Gasteiger partial charge in [0.15, 0.2) is 0 Å². The normalized spacial score (nSPS) is 19.8. The van der Waals surface area contributed by atoms with E-state index in [1.54, 1.807) is 19.1 Å². The zero-order chi connectivity index (χ0) is 19.3. The molecule has 1 saturated heterocycles. The lowest BCUT2D eigenvalue weighted by atomic mass is 10.1. The van der Waals surface area contributed by atoms with Gasteiger partial charge < -0.3 is 24.6 Å². The minimum absolute atomic E-state index is 0.0317. The molecule has 144 valence electrons. The fourth-order valence-corrected chi connectivity index (χ4v) is 4.07. The van der Waals surface area contributed by atoms with Crippen LogP contribution in [0, 0.1) is 0 Å². The van der Waals surface area contributed by atoms with Crippen LogP contribution in [0.4, 0.5) is 0 Å². The summed E-state index contributed by atoms with van der Waals surface area (Å²) in [4.78, 5) is 27.8. The van der Waals surface area contributed by atoms with Crippen LogP contribution in [-0.2, 0) is 9.59 Å². The van der Waals surface area contributed by atoms with Crippen molar-refractivity contribution >= 4 is 23.6 Å². The van der Waals surface area contributed by atoms with E-state index in [1.165, 1.54) is 16.7 Å². The SMILES string of the molecule is COc1ccc(OC)c([C@H]2S[C@@H](C)C(=O)N2CC(=O)NCC[NH+](C)C)c1. The highest BCUT2D eigenvalue weighted by molar-refractivity contribution is 8.01. The highest BCUT2D eigenvalue weighted by Gasteiger charge is 2.40. The maximum atomic E-state index is 12.6. The molecule has 0 saturated carbocycles. The quantitative estimate of drug-likeness (QED) is 0.658. The Morgan fingerprint density at radius 1 is 1.31 bits per heavy atom. The molecule has 2 N–H and O–H groups in total. The van der Waals surface area contributed by atoms with Crippen LogP contribution in [0.1, 0.15) is 17.9 Å². The number of hydrogen-bond acceptors (Lipinski definition) is 5. The van der Waals surface area contributed by atoms with Gasteiger partial charge in [0.1, 0.15) is 23.4 Å². The first-order valence-electron chi connectivity index (χ1n) is 8.61. The summed E-state index contributed by atoms with van der Waals surface area (Å²) in [6.07, 6.45) is 0. The van der Waals surface area contributed by atoms with Gasteiger partial charge in [0.05, 0.1) is 46.7 Å². The second-order valence-corrected chi connectivity index (χ2v) is 7.94. The van der Waals surface area contributed by atoms with Gasteiger partial charge in [-0.15, -0.1) is 11.8 Å². The Hall–Kier alpha value is -1.93. The Labute approximate surface area is 159 Å². The largest absolute Gasteiger partial charge is 0.497 e. The van der Waals surface area contributed by atoms with Crippen LogP contribution in [-0.4, -0.2) is 69.9 Å². The minimum Gasteiger partial charge on any atom is -0.497 e. The summed E-state index contributed by atoms with van der Waals surface area (Å²) in [5.41, 5.74) is 0.833. The molecule has 1 heterocycles. The second-order valence-electron chi connectivity index (χ2n) is 6.51.